The maximum Gasteiger partial charge on any atom is 0.316 e. The van der Waals surface area contributed by atoms with Gasteiger partial charge in [0.25, 0.3) is 0 Å². The first-order valence-electron chi connectivity index (χ1n) is 8.38. The Morgan fingerprint density at radius 1 is 1.18 bits per heavy atom. The number of aromatic nitrogens is 2. The number of nitrogens with one attached hydrogen (secondary N) is 1. The molecule has 1 N–H and O–H groups in total. The van der Waals surface area contributed by atoms with E-state index in [2.05, 4.69) is 10.3 Å². The largest absolute Gasteiger partial charge is 0.490 e. The van der Waals surface area contributed by atoms with Gasteiger partial charge in [-0.05, 0) is 41.3 Å². The molecule has 4 aromatic rings. The molecule has 0 aliphatic rings. The van der Waals surface area contributed by atoms with Crippen molar-refractivity contribution in [1.29, 1.82) is 0 Å². The zero-order valence-corrected chi connectivity index (χ0v) is 15.6. The quantitative estimate of drug-likeness (QED) is 0.535. The first-order chi connectivity index (χ1) is 13.5. The third-order valence-corrected chi connectivity index (χ3v) is 5.14. The summed E-state index contributed by atoms with van der Waals surface area (Å²) in [5.74, 6) is -1.52. The van der Waals surface area contributed by atoms with Crippen molar-refractivity contribution in [2.75, 3.05) is 12.4 Å². The van der Waals surface area contributed by atoms with E-state index >= 15 is 0 Å². The average Bonchev–Trinajstić information content (AvgIpc) is 3.16. The molecule has 2 aromatic heterocycles. The van der Waals surface area contributed by atoms with Crippen molar-refractivity contribution in [3.8, 4) is 5.75 Å². The number of nitrogens with zero attached hydrogens (tertiary/aromatic N) is 2. The number of halogens is 2. The summed E-state index contributed by atoms with van der Waals surface area (Å²) in [6, 6.07) is 11.4. The second-order valence-corrected chi connectivity index (χ2v) is 7.03. The Morgan fingerprint density at radius 2 is 2.04 bits per heavy atom. The van der Waals surface area contributed by atoms with Crippen molar-refractivity contribution in [3.63, 3.8) is 0 Å². The van der Waals surface area contributed by atoms with E-state index in [1.165, 1.54) is 19.4 Å². The maximum atomic E-state index is 13.6. The minimum absolute atomic E-state index is 0.0573. The molecule has 0 radical (unpaired) electrons. The predicted molar refractivity (Wildman–Crippen MR) is 106 cm³/mol. The van der Waals surface area contributed by atoms with E-state index in [-0.39, 0.29) is 18.2 Å². The first kappa shape index (κ1) is 18.1. The van der Waals surface area contributed by atoms with Crippen molar-refractivity contribution in [1.82, 2.24) is 9.55 Å². The minimum atomic E-state index is -0.934. The van der Waals surface area contributed by atoms with Crippen LogP contribution in [0.25, 0.3) is 10.1 Å². The molecule has 0 amide bonds. The Balaban J connectivity index is 1.77. The van der Waals surface area contributed by atoms with E-state index in [1.54, 1.807) is 15.9 Å². The predicted octanol–water partition coefficient (Wildman–Crippen LogP) is 4.54. The van der Waals surface area contributed by atoms with Crippen LogP contribution in [-0.4, -0.2) is 16.7 Å². The van der Waals surface area contributed by atoms with Gasteiger partial charge in [0.15, 0.2) is 11.6 Å². The second kappa shape index (κ2) is 7.40. The SMILES string of the molecule is COc1cn(Cc2ccc(F)c(F)c2)c(Nc2cccc3sccc23)nc1=O. The lowest BCUT2D eigenvalue weighted by atomic mass is 10.2. The maximum absolute atomic E-state index is 13.6. The molecule has 142 valence electrons. The van der Waals surface area contributed by atoms with Gasteiger partial charge in [-0.1, -0.05) is 12.1 Å². The third kappa shape index (κ3) is 3.46. The molecule has 0 fully saturated rings. The van der Waals surface area contributed by atoms with Gasteiger partial charge >= 0.3 is 5.56 Å². The third-order valence-electron chi connectivity index (χ3n) is 4.26. The molecule has 0 spiro atoms. The molecule has 0 bridgehead atoms. The highest BCUT2D eigenvalue weighted by atomic mass is 32.1. The van der Waals surface area contributed by atoms with Gasteiger partial charge in [-0.3, -0.25) is 4.79 Å². The van der Waals surface area contributed by atoms with Gasteiger partial charge in [-0.25, -0.2) is 8.78 Å². The van der Waals surface area contributed by atoms with Crippen LogP contribution in [0.5, 0.6) is 5.75 Å². The summed E-state index contributed by atoms with van der Waals surface area (Å²) >= 11 is 1.60. The number of anilines is 2. The fourth-order valence-corrected chi connectivity index (χ4v) is 3.70. The standard InChI is InChI=1S/C20H15F2N3O2S/c1-27-17-11-25(10-12-5-6-14(21)15(22)9-12)20(24-19(17)26)23-16-3-2-4-18-13(16)7-8-28-18/h2-9,11H,10H2,1H3,(H,23,24,26). The van der Waals surface area contributed by atoms with Crippen molar-refractivity contribution in [2.24, 2.45) is 0 Å². The Kier molecular flexibility index (Phi) is 4.79. The molecular weight excluding hydrogens is 384 g/mol. The number of ether oxygens (including phenoxy) is 1. The van der Waals surface area contributed by atoms with Gasteiger partial charge in [0, 0.05) is 15.8 Å². The van der Waals surface area contributed by atoms with Gasteiger partial charge in [0.2, 0.25) is 11.7 Å². The molecule has 0 saturated carbocycles. The van der Waals surface area contributed by atoms with Gasteiger partial charge in [0.1, 0.15) is 0 Å². The van der Waals surface area contributed by atoms with E-state index in [9.17, 15) is 13.6 Å². The van der Waals surface area contributed by atoms with Crippen LogP contribution in [0.3, 0.4) is 0 Å². The molecule has 8 heteroatoms. The Labute approximate surface area is 162 Å². The van der Waals surface area contributed by atoms with Gasteiger partial charge < -0.3 is 14.6 Å². The molecule has 0 unspecified atom stereocenters. The van der Waals surface area contributed by atoms with E-state index in [0.717, 1.165) is 27.9 Å². The Hall–Kier alpha value is -3.26. The summed E-state index contributed by atoms with van der Waals surface area (Å²) in [5, 5.41) is 6.15. The monoisotopic (exact) mass is 399 g/mol. The van der Waals surface area contributed by atoms with Crippen LogP contribution < -0.4 is 15.6 Å². The average molecular weight is 399 g/mol. The highest BCUT2D eigenvalue weighted by Crippen LogP contribution is 2.29. The lowest BCUT2D eigenvalue weighted by Gasteiger charge is -2.16. The zero-order valence-electron chi connectivity index (χ0n) is 14.8. The summed E-state index contributed by atoms with van der Waals surface area (Å²) in [6.07, 6.45) is 1.49. The number of thiophene rings is 1. The van der Waals surface area contributed by atoms with Gasteiger partial charge in [-0.2, -0.15) is 4.98 Å². The molecule has 0 atom stereocenters. The number of methoxy groups -OCH3 is 1. The van der Waals surface area contributed by atoms with Crippen LogP contribution in [0.15, 0.2) is 58.8 Å². The Bertz CT molecular complexity index is 1220. The van der Waals surface area contributed by atoms with Crippen LogP contribution in [0.1, 0.15) is 5.56 Å². The molecule has 28 heavy (non-hydrogen) atoms. The highest BCUT2D eigenvalue weighted by molar-refractivity contribution is 7.17. The summed E-state index contributed by atoms with van der Waals surface area (Å²) in [4.78, 5) is 16.3. The topological polar surface area (TPSA) is 56.1 Å². The number of hydrogen-bond donors (Lipinski definition) is 1. The van der Waals surface area contributed by atoms with Crippen molar-refractivity contribution in [3.05, 3.63) is 81.6 Å². The van der Waals surface area contributed by atoms with Crippen LogP contribution in [0.2, 0.25) is 0 Å². The molecule has 0 saturated heterocycles. The molecule has 0 aliphatic carbocycles. The van der Waals surface area contributed by atoms with Crippen LogP contribution in [0, 0.1) is 11.6 Å². The van der Waals surface area contributed by atoms with Crippen molar-refractivity contribution >= 4 is 33.1 Å². The molecule has 2 aromatic carbocycles. The van der Waals surface area contributed by atoms with E-state index < -0.39 is 17.2 Å². The smallest absolute Gasteiger partial charge is 0.316 e. The van der Waals surface area contributed by atoms with E-state index in [1.807, 2.05) is 29.6 Å². The van der Waals surface area contributed by atoms with Crippen LogP contribution in [0.4, 0.5) is 20.4 Å². The zero-order chi connectivity index (χ0) is 19.7. The summed E-state index contributed by atoms with van der Waals surface area (Å²) in [6.45, 7) is 0.169. The highest BCUT2D eigenvalue weighted by Gasteiger charge is 2.12. The van der Waals surface area contributed by atoms with Gasteiger partial charge in [0.05, 0.1) is 19.9 Å². The van der Waals surface area contributed by atoms with Crippen molar-refractivity contribution in [2.45, 2.75) is 6.54 Å². The molecular formula is C20H15F2N3O2S. The molecule has 4 rings (SSSR count). The van der Waals surface area contributed by atoms with E-state index in [0.29, 0.717) is 5.56 Å². The minimum Gasteiger partial charge on any atom is -0.490 e. The van der Waals surface area contributed by atoms with Gasteiger partial charge in [-0.15, -0.1) is 11.3 Å². The number of rotatable bonds is 5. The lowest BCUT2D eigenvalue weighted by molar-refractivity contribution is 0.402. The lowest BCUT2D eigenvalue weighted by Crippen LogP contribution is -2.18. The summed E-state index contributed by atoms with van der Waals surface area (Å²) in [5.41, 5.74) is 0.780. The second-order valence-electron chi connectivity index (χ2n) is 6.08. The number of hydrogen-bond acceptors (Lipinski definition) is 5. The molecule has 5 nitrogen and oxygen atoms in total. The Morgan fingerprint density at radius 3 is 2.82 bits per heavy atom. The number of fused-ring (bicyclic) bond motifs is 1. The summed E-state index contributed by atoms with van der Waals surface area (Å²) in [7, 11) is 1.37. The van der Waals surface area contributed by atoms with Crippen LogP contribution >= 0.6 is 11.3 Å². The fourth-order valence-electron chi connectivity index (χ4n) is 2.89. The number of benzene rings is 2. The molecule has 0 aliphatic heterocycles. The van der Waals surface area contributed by atoms with Crippen LogP contribution in [-0.2, 0) is 6.54 Å². The molecule has 2 heterocycles. The normalized spacial score (nSPS) is 11.0. The van der Waals surface area contributed by atoms with E-state index in [4.69, 9.17) is 4.74 Å². The fraction of sp³-hybridized carbons (Fsp3) is 0.100. The van der Waals surface area contributed by atoms with Crippen molar-refractivity contribution < 1.29 is 13.5 Å². The summed E-state index contributed by atoms with van der Waals surface area (Å²) < 4.78 is 34.6. The first-order valence-corrected chi connectivity index (χ1v) is 9.26.